The highest BCUT2D eigenvalue weighted by Gasteiger charge is 2.61. The maximum absolute atomic E-state index is 16.1. The van der Waals surface area contributed by atoms with Crippen molar-refractivity contribution < 1.29 is 23.5 Å². The summed E-state index contributed by atoms with van der Waals surface area (Å²) in [5.41, 5.74) is 0.214. The lowest BCUT2D eigenvalue weighted by Crippen LogP contribution is -2.74. The average molecular weight is 547 g/mol. The van der Waals surface area contributed by atoms with Crippen LogP contribution in [0.5, 0.6) is 0 Å². The first-order valence-electron chi connectivity index (χ1n) is 15.5. The van der Waals surface area contributed by atoms with Gasteiger partial charge in [0.05, 0.1) is 49.1 Å². The molecule has 3 aliphatic carbocycles. The predicted octanol–water partition coefficient (Wildman–Crippen LogP) is 2.38. The number of unbranched alkanes of at least 4 members (excludes halogenated alkanes) is 1. The maximum Gasteiger partial charge on any atom is 0.256 e. The van der Waals surface area contributed by atoms with E-state index in [1.54, 1.807) is 0 Å². The Morgan fingerprint density at radius 1 is 1.08 bits per heavy atom. The van der Waals surface area contributed by atoms with Gasteiger partial charge in [-0.3, -0.25) is 14.5 Å². The molecule has 8 nitrogen and oxygen atoms in total. The molecule has 0 bridgehead atoms. The molecule has 0 spiro atoms. The van der Waals surface area contributed by atoms with E-state index in [1.165, 1.54) is 25.7 Å². The van der Waals surface area contributed by atoms with Gasteiger partial charge in [0.15, 0.2) is 5.78 Å². The second-order valence-electron chi connectivity index (χ2n) is 13.0. The minimum absolute atomic E-state index is 0.0274. The highest BCUT2D eigenvalue weighted by molar-refractivity contribution is 6.20. The number of morpholine rings is 2. The van der Waals surface area contributed by atoms with Gasteiger partial charge in [0, 0.05) is 31.8 Å². The van der Waals surface area contributed by atoms with Gasteiger partial charge < -0.3 is 24.6 Å². The highest BCUT2D eigenvalue weighted by atomic mass is 19.1. The lowest BCUT2D eigenvalue weighted by molar-refractivity contribution is -0.235. The Labute approximate surface area is 232 Å². The number of nitrogens with zero attached hydrogens (tertiary/aromatic N) is 3. The van der Waals surface area contributed by atoms with Gasteiger partial charge in [-0.25, -0.2) is 4.39 Å². The fourth-order valence-electron chi connectivity index (χ4n) is 8.66. The van der Waals surface area contributed by atoms with Crippen LogP contribution in [0.3, 0.4) is 0 Å². The number of carbonyl (C=O) groups is 2. The number of ether oxygens (including phenoxy) is 2. The van der Waals surface area contributed by atoms with Gasteiger partial charge in [-0.1, -0.05) is 19.3 Å². The zero-order chi connectivity index (χ0) is 27.1. The summed E-state index contributed by atoms with van der Waals surface area (Å²) in [7, 11) is 4.08. The van der Waals surface area contributed by atoms with Gasteiger partial charge in [-0.2, -0.15) is 0 Å². The number of alkyl halides is 1. The molecule has 9 atom stereocenters. The SMILES string of the molecule is CN(C)CCCCNC(=O)C1=CN2C3CCC4CCCCC4C3OC3C(N4CCOCC4)C(F)CC(C1=O)C32. The Balaban J connectivity index is 1.29. The molecular formula is C30H47FN4O4. The molecule has 3 heterocycles. The predicted molar refractivity (Wildman–Crippen MR) is 146 cm³/mol. The summed E-state index contributed by atoms with van der Waals surface area (Å²) >= 11 is 0. The van der Waals surface area contributed by atoms with E-state index in [1.807, 2.05) is 20.3 Å². The van der Waals surface area contributed by atoms with E-state index in [9.17, 15) is 9.59 Å². The molecule has 39 heavy (non-hydrogen) atoms. The normalized spacial score (nSPS) is 40.4. The van der Waals surface area contributed by atoms with Crippen molar-refractivity contribution in [3.05, 3.63) is 11.8 Å². The van der Waals surface area contributed by atoms with E-state index < -0.39 is 12.1 Å². The molecule has 6 aliphatic rings. The van der Waals surface area contributed by atoms with E-state index in [0.29, 0.717) is 44.7 Å². The zero-order valence-corrected chi connectivity index (χ0v) is 23.7. The molecule has 2 saturated heterocycles. The van der Waals surface area contributed by atoms with Crippen molar-refractivity contribution in [1.82, 2.24) is 20.0 Å². The smallest absolute Gasteiger partial charge is 0.256 e. The molecule has 3 aliphatic heterocycles. The molecule has 0 radical (unpaired) electrons. The largest absolute Gasteiger partial charge is 0.379 e. The number of carbonyl (C=O) groups excluding carboxylic acids is 2. The number of rotatable bonds is 7. The summed E-state index contributed by atoms with van der Waals surface area (Å²) in [5, 5.41) is 2.99. The number of nitrogens with one attached hydrogen (secondary N) is 1. The number of Topliss-reactive ketones (excluding diaryl/α,β-unsaturated/α-hetero) is 1. The number of fused-ring (bicyclic) bond motifs is 4. The number of halogens is 1. The quantitative estimate of drug-likeness (QED) is 0.388. The van der Waals surface area contributed by atoms with Crippen molar-refractivity contribution in [1.29, 1.82) is 0 Å². The lowest BCUT2D eigenvalue weighted by Gasteiger charge is -2.62. The van der Waals surface area contributed by atoms with Crippen LogP contribution in [0, 0.1) is 17.8 Å². The van der Waals surface area contributed by atoms with Crippen molar-refractivity contribution >= 4 is 11.7 Å². The number of ketones is 1. The van der Waals surface area contributed by atoms with Crippen LogP contribution in [0.15, 0.2) is 11.8 Å². The zero-order valence-electron chi connectivity index (χ0n) is 23.7. The molecule has 218 valence electrons. The summed E-state index contributed by atoms with van der Waals surface area (Å²) < 4.78 is 28.8. The van der Waals surface area contributed by atoms with E-state index in [4.69, 9.17) is 9.47 Å². The van der Waals surface area contributed by atoms with Gasteiger partial charge in [-0.05, 0) is 71.0 Å². The molecule has 5 fully saturated rings. The van der Waals surface area contributed by atoms with Gasteiger partial charge in [0.1, 0.15) is 6.17 Å². The van der Waals surface area contributed by atoms with Gasteiger partial charge >= 0.3 is 0 Å². The van der Waals surface area contributed by atoms with Crippen molar-refractivity contribution in [2.24, 2.45) is 17.8 Å². The van der Waals surface area contributed by atoms with E-state index in [2.05, 4.69) is 20.0 Å². The molecule has 9 unspecified atom stereocenters. The molecule has 0 aromatic rings. The molecule has 1 N–H and O–H groups in total. The molecule has 1 amide bonds. The Morgan fingerprint density at radius 2 is 1.87 bits per heavy atom. The standard InChI is InChI=1S/C30H47FN4O4/c1-33(2)12-6-5-11-32-30(37)22-18-35-24-10-9-19-7-3-4-8-20(19)28(24)39-29-25(35)21(27(22)36)17-23(31)26(29)34-13-15-38-16-14-34/h18-21,23-26,28-29H,3-17H2,1-2H3,(H,32,37). The third-order valence-corrected chi connectivity index (χ3v) is 10.5. The number of amides is 1. The Kier molecular flexibility index (Phi) is 8.32. The third-order valence-electron chi connectivity index (χ3n) is 10.5. The third kappa shape index (κ3) is 5.29. The Bertz CT molecular complexity index is 940. The summed E-state index contributed by atoms with van der Waals surface area (Å²) in [6, 6.07) is -0.447. The monoisotopic (exact) mass is 546 g/mol. The first-order chi connectivity index (χ1) is 18.9. The van der Waals surface area contributed by atoms with Crippen LogP contribution >= 0.6 is 0 Å². The topological polar surface area (TPSA) is 74.3 Å². The first-order valence-corrected chi connectivity index (χ1v) is 15.5. The van der Waals surface area contributed by atoms with Crippen LogP contribution in [0.25, 0.3) is 0 Å². The van der Waals surface area contributed by atoms with Crippen LogP contribution in [0.2, 0.25) is 0 Å². The van der Waals surface area contributed by atoms with Crippen molar-refractivity contribution in [3.63, 3.8) is 0 Å². The summed E-state index contributed by atoms with van der Waals surface area (Å²) in [5.74, 6) is 0.0804. The van der Waals surface area contributed by atoms with Gasteiger partial charge in [-0.15, -0.1) is 0 Å². The van der Waals surface area contributed by atoms with E-state index >= 15 is 4.39 Å². The van der Waals surface area contributed by atoms with Crippen LogP contribution in [-0.2, 0) is 19.1 Å². The molecule has 0 aromatic carbocycles. The van der Waals surface area contributed by atoms with Gasteiger partial charge in [0.25, 0.3) is 5.91 Å². The average Bonchev–Trinajstić information content (AvgIpc) is 2.94. The number of hydrogen-bond donors (Lipinski definition) is 1. The Morgan fingerprint density at radius 3 is 2.67 bits per heavy atom. The second-order valence-corrected chi connectivity index (χ2v) is 13.0. The molecule has 9 heteroatoms. The summed E-state index contributed by atoms with van der Waals surface area (Å²) in [6.45, 7) is 4.08. The highest BCUT2D eigenvalue weighted by Crippen LogP contribution is 2.51. The lowest BCUT2D eigenvalue weighted by atomic mass is 9.64. The van der Waals surface area contributed by atoms with Crippen molar-refractivity contribution in [2.45, 2.75) is 94.3 Å². The molecular weight excluding hydrogens is 499 g/mol. The van der Waals surface area contributed by atoms with E-state index in [-0.39, 0.29) is 54.0 Å². The fraction of sp³-hybridized carbons (Fsp3) is 0.867. The van der Waals surface area contributed by atoms with Crippen molar-refractivity contribution in [2.75, 3.05) is 53.5 Å². The van der Waals surface area contributed by atoms with Crippen LogP contribution < -0.4 is 5.32 Å². The van der Waals surface area contributed by atoms with Gasteiger partial charge in [0.2, 0.25) is 0 Å². The minimum atomic E-state index is -1.17. The maximum atomic E-state index is 16.1. The Hall–Kier alpha value is -1.55. The molecule has 3 saturated carbocycles. The summed E-state index contributed by atoms with van der Waals surface area (Å²) in [6.07, 6.45) is 9.42. The summed E-state index contributed by atoms with van der Waals surface area (Å²) in [4.78, 5) is 33.8. The van der Waals surface area contributed by atoms with Crippen LogP contribution in [-0.4, -0.2) is 116 Å². The van der Waals surface area contributed by atoms with Crippen LogP contribution in [0.4, 0.5) is 4.39 Å². The van der Waals surface area contributed by atoms with Crippen molar-refractivity contribution in [3.8, 4) is 0 Å². The minimum Gasteiger partial charge on any atom is -0.379 e. The molecule has 6 rings (SSSR count). The fourth-order valence-corrected chi connectivity index (χ4v) is 8.66. The second kappa shape index (κ2) is 11.7. The molecule has 0 aromatic heterocycles. The van der Waals surface area contributed by atoms with E-state index in [0.717, 1.165) is 32.2 Å². The number of hydrogen-bond acceptors (Lipinski definition) is 7. The van der Waals surface area contributed by atoms with Crippen LogP contribution in [0.1, 0.15) is 57.8 Å². The first kappa shape index (κ1) is 27.6.